The summed E-state index contributed by atoms with van der Waals surface area (Å²) in [5.74, 6) is -0.243. The van der Waals surface area contributed by atoms with Gasteiger partial charge in [0.2, 0.25) is 0 Å². The summed E-state index contributed by atoms with van der Waals surface area (Å²) in [6.07, 6.45) is 1.46. The minimum Gasteiger partial charge on any atom is -1.00 e. The molecule has 0 aliphatic rings. The number of halogens is 2. The Bertz CT molecular complexity index is 240. The Kier molecular flexibility index (Phi) is 12.7. The molecule has 0 aliphatic carbocycles. The van der Waals surface area contributed by atoms with Crippen LogP contribution in [-0.2, 0) is 21.7 Å². The molecule has 1 rings (SSSR count). The van der Waals surface area contributed by atoms with Gasteiger partial charge in [-0.15, -0.1) is 0 Å². The van der Waals surface area contributed by atoms with Crippen LogP contribution in [0.5, 0.6) is 5.75 Å². The van der Waals surface area contributed by atoms with E-state index >= 15 is 0 Å². The number of rotatable bonds is 0. The fourth-order valence-electron chi connectivity index (χ4n) is 0.413. The Morgan fingerprint density at radius 1 is 1.36 bits per heavy atom. The van der Waals surface area contributed by atoms with Gasteiger partial charge >= 0.3 is 21.7 Å². The summed E-state index contributed by atoms with van der Waals surface area (Å²) < 4.78 is 0. The number of hydrogen-bond donors (Lipinski definition) is 2. The number of aromatic hydroxyl groups is 1. The maximum Gasteiger partial charge on any atom is 2.00 e. The zero-order chi connectivity index (χ0) is 5.98. The van der Waals surface area contributed by atoms with E-state index in [0.717, 1.165) is 0 Å². The van der Waals surface area contributed by atoms with Gasteiger partial charge in [0.05, 0.1) is 0 Å². The standard InChI is InChI=1S/C5H5NO2.2ClH.Ti/c7-4-2-1-3-6-5(4)8;;;/h1-3,7H,(H,6,8);2*1H;/q;;;+2/p-2. The van der Waals surface area contributed by atoms with Crippen molar-refractivity contribution in [1.82, 2.24) is 4.98 Å². The molecule has 0 saturated heterocycles. The summed E-state index contributed by atoms with van der Waals surface area (Å²) in [5, 5.41) is 8.58. The third-order valence-electron chi connectivity index (χ3n) is 0.797. The van der Waals surface area contributed by atoms with Gasteiger partial charge in [0, 0.05) is 6.20 Å². The Labute approximate surface area is 90.9 Å². The van der Waals surface area contributed by atoms with Gasteiger partial charge in [-0.2, -0.15) is 0 Å². The second-order valence-corrected chi connectivity index (χ2v) is 1.38. The van der Waals surface area contributed by atoms with Crippen molar-refractivity contribution >= 4 is 0 Å². The molecule has 0 aliphatic heterocycles. The third kappa shape index (κ3) is 5.33. The monoisotopic (exact) mass is 229 g/mol. The summed E-state index contributed by atoms with van der Waals surface area (Å²) in [7, 11) is 0. The maximum atomic E-state index is 10.3. The molecule has 0 aromatic carbocycles. The van der Waals surface area contributed by atoms with E-state index in [2.05, 4.69) is 4.98 Å². The number of aromatic nitrogens is 1. The Balaban J connectivity index is -0.000000213. The topological polar surface area (TPSA) is 53.1 Å². The molecule has 1 heterocycles. The van der Waals surface area contributed by atoms with Crippen LogP contribution in [0.25, 0.3) is 0 Å². The van der Waals surface area contributed by atoms with E-state index in [1.165, 1.54) is 12.3 Å². The molecule has 2 N–H and O–H groups in total. The van der Waals surface area contributed by atoms with E-state index in [1.807, 2.05) is 0 Å². The summed E-state index contributed by atoms with van der Waals surface area (Å²) >= 11 is 0. The zero-order valence-electron chi connectivity index (χ0n) is 5.34. The van der Waals surface area contributed by atoms with Crippen LogP contribution in [0.15, 0.2) is 23.1 Å². The third-order valence-corrected chi connectivity index (χ3v) is 0.797. The maximum absolute atomic E-state index is 10.3. The largest absolute Gasteiger partial charge is 2.00 e. The number of hydrogen-bond acceptors (Lipinski definition) is 2. The van der Waals surface area contributed by atoms with Gasteiger partial charge in [-0.25, -0.2) is 0 Å². The Morgan fingerprint density at radius 2 is 1.91 bits per heavy atom. The van der Waals surface area contributed by atoms with Gasteiger partial charge in [-0.1, -0.05) is 0 Å². The molecule has 0 bridgehead atoms. The molecule has 0 fully saturated rings. The number of aromatic amines is 1. The van der Waals surface area contributed by atoms with Gasteiger partial charge in [0.15, 0.2) is 5.75 Å². The number of nitrogens with one attached hydrogen (secondary N) is 1. The number of H-pyrrole nitrogens is 1. The second kappa shape index (κ2) is 8.14. The Morgan fingerprint density at radius 3 is 2.18 bits per heavy atom. The quantitative estimate of drug-likeness (QED) is 0.436. The predicted molar refractivity (Wildman–Crippen MR) is 28.7 cm³/mol. The Hall–Kier alpha value is 0.0443. The van der Waals surface area contributed by atoms with Gasteiger partial charge in [-0.3, -0.25) is 4.79 Å². The molecule has 6 heteroatoms. The minimum atomic E-state index is -0.451. The van der Waals surface area contributed by atoms with Gasteiger partial charge in [0.1, 0.15) is 0 Å². The van der Waals surface area contributed by atoms with Gasteiger partial charge in [-0.05, 0) is 12.1 Å². The molecule has 3 nitrogen and oxygen atoms in total. The predicted octanol–water partition coefficient (Wildman–Crippen LogP) is -5.91. The first-order chi connectivity index (χ1) is 3.80. The van der Waals surface area contributed by atoms with Crippen molar-refractivity contribution < 1.29 is 51.6 Å². The molecule has 1 aromatic rings. The van der Waals surface area contributed by atoms with E-state index in [9.17, 15) is 4.79 Å². The van der Waals surface area contributed by atoms with Crippen LogP contribution >= 0.6 is 0 Å². The molecule has 0 amide bonds. The SMILES string of the molecule is O=c1[nH]cccc1O.[Cl-].[Cl-].[Ti+2]. The smallest absolute Gasteiger partial charge is 1.00 e. The van der Waals surface area contributed by atoms with Gasteiger partial charge in [0.25, 0.3) is 5.56 Å². The van der Waals surface area contributed by atoms with Crippen LogP contribution in [0.4, 0.5) is 0 Å². The van der Waals surface area contributed by atoms with Gasteiger partial charge < -0.3 is 34.9 Å². The van der Waals surface area contributed by atoms with Crippen LogP contribution in [-0.4, -0.2) is 10.1 Å². The molecular weight excluding hydrogens is 225 g/mol. The van der Waals surface area contributed by atoms with E-state index in [4.69, 9.17) is 5.11 Å². The average Bonchev–Trinajstić information content (AvgIpc) is 1.77. The first kappa shape index (κ1) is 17.2. The molecular formula is C5H5Cl2NO2Ti. The molecule has 0 radical (unpaired) electrons. The van der Waals surface area contributed by atoms with Crippen LogP contribution in [0, 0.1) is 0 Å². The van der Waals surface area contributed by atoms with Crippen LogP contribution in [0.1, 0.15) is 0 Å². The fourth-order valence-corrected chi connectivity index (χ4v) is 0.413. The normalized spacial score (nSPS) is 6.55. The summed E-state index contributed by atoms with van der Waals surface area (Å²) in [4.78, 5) is 12.6. The van der Waals surface area contributed by atoms with E-state index in [-0.39, 0.29) is 52.3 Å². The molecule has 1 aromatic heterocycles. The molecule has 0 saturated carbocycles. The van der Waals surface area contributed by atoms with E-state index in [0.29, 0.717) is 0 Å². The van der Waals surface area contributed by atoms with Crippen LogP contribution in [0.2, 0.25) is 0 Å². The first-order valence-electron chi connectivity index (χ1n) is 2.17. The van der Waals surface area contributed by atoms with Crippen molar-refractivity contribution in [2.75, 3.05) is 0 Å². The summed E-state index contributed by atoms with van der Waals surface area (Å²) in [6.45, 7) is 0. The van der Waals surface area contributed by atoms with Crippen molar-refractivity contribution in [1.29, 1.82) is 0 Å². The van der Waals surface area contributed by atoms with Crippen molar-refractivity contribution in [3.8, 4) is 5.75 Å². The van der Waals surface area contributed by atoms with Crippen molar-refractivity contribution in [2.45, 2.75) is 0 Å². The van der Waals surface area contributed by atoms with Crippen molar-refractivity contribution in [2.24, 2.45) is 0 Å². The molecule has 0 unspecified atom stereocenters. The van der Waals surface area contributed by atoms with Crippen molar-refractivity contribution in [3.63, 3.8) is 0 Å². The molecule has 11 heavy (non-hydrogen) atoms. The van der Waals surface area contributed by atoms with E-state index < -0.39 is 5.56 Å². The molecule has 60 valence electrons. The minimum absolute atomic E-state index is 0. The zero-order valence-corrected chi connectivity index (χ0v) is 8.42. The summed E-state index contributed by atoms with van der Waals surface area (Å²) in [5.41, 5.74) is -0.451. The second-order valence-electron chi connectivity index (χ2n) is 1.38. The molecule has 0 spiro atoms. The average molecular weight is 230 g/mol. The summed E-state index contributed by atoms with van der Waals surface area (Å²) in [6, 6.07) is 2.88. The van der Waals surface area contributed by atoms with Crippen LogP contribution < -0.4 is 30.4 Å². The molecule has 0 atom stereocenters. The first-order valence-corrected chi connectivity index (χ1v) is 2.17. The van der Waals surface area contributed by atoms with Crippen LogP contribution in [0.3, 0.4) is 0 Å². The number of pyridine rings is 1. The van der Waals surface area contributed by atoms with E-state index in [1.54, 1.807) is 6.07 Å². The van der Waals surface area contributed by atoms with Crippen molar-refractivity contribution in [3.05, 3.63) is 28.7 Å². The fraction of sp³-hybridized carbons (Fsp3) is 0.